The first kappa shape index (κ1) is 28.0. The Labute approximate surface area is 220 Å². The van der Waals surface area contributed by atoms with Crippen molar-refractivity contribution >= 4 is 18.0 Å². The lowest BCUT2D eigenvalue weighted by molar-refractivity contribution is -0.144. The third-order valence-corrected chi connectivity index (χ3v) is 9.39. The molecule has 0 aromatic rings. The molecule has 10 heteroatoms. The number of likely N-dealkylation sites (tertiary alicyclic amines) is 2. The van der Waals surface area contributed by atoms with Gasteiger partial charge in [0.15, 0.2) is 0 Å². The Kier molecular flexibility index (Phi) is 8.60. The van der Waals surface area contributed by atoms with Crippen LogP contribution in [0.5, 0.6) is 0 Å². The largest absolute Gasteiger partial charge is 0.389 e. The van der Waals surface area contributed by atoms with Gasteiger partial charge in [-0.2, -0.15) is 0 Å². The number of nitrogens with two attached hydrogens (primary N) is 2. The van der Waals surface area contributed by atoms with Gasteiger partial charge >= 0.3 is 0 Å². The third kappa shape index (κ3) is 6.34. The van der Waals surface area contributed by atoms with Crippen molar-refractivity contribution in [3.63, 3.8) is 0 Å². The van der Waals surface area contributed by atoms with E-state index in [2.05, 4.69) is 34.4 Å². The molecule has 0 bridgehead atoms. The molecule has 0 aliphatic carbocycles. The van der Waals surface area contributed by atoms with Crippen molar-refractivity contribution in [2.45, 2.75) is 90.1 Å². The molecular formula is C27H46FN7O2. The zero-order valence-corrected chi connectivity index (χ0v) is 22.7. The molecule has 6 N–H and O–H groups in total. The van der Waals surface area contributed by atoms with Crippen molar-refractivity contribution in [2.24, 2.45) is 33.2 Å². The highest BCUT2D eigenvalue weighted by Gasteiger charge is 2.47. The molecule has 0 saturated carbocycles. The fourth-order valence-electron chi connectivity index (χ4n) is 6.56. The van der Waals surface area contributed by atoms with E-state index in [-0.39, 0.29) is 28.7 Å². The summed E-state index contributed by atoms with van der Waals surface area (Å²) < 4.78 is 14.4. The molecule has 37 heavy (non-hydrogen) atoms. The van der Waals surface area contributed by atoms with Gasteiger partial charge in [-0.15, -0.1) is 0 Å². The van der Waals surface area contributed by atoms with E-state index in [1.54, 1.807) is 6.92 Å². The molecule has 208 valence electrons. The minimum Gasteiger partial charge on any atom is -0.389 e. The van der Waals surface area contributed by atoms with Gasteiger partial charge in [-0.25, -0.2) is 4.39 Å². The van der Waals surface area contributed by atoms with Gasteiger partial charge in [0, 0.05) is 44.4 Å². The van der Waals surface area contributed by atoms with Crippen LogP contribution < -0.4 is 22.1 Å². The number of halogens is 1. The molecule has 4 rings (SSSR count). The van der Waals surface area contributed by atoms with Crippen LogP contribution in [0, 0.1) is 16.7 Å². The molecule has 1 spiro atoms. The number of carbonyl (C=O) groups excluding carboxylic acids is 2. The highest BCUT2D eigenvalue weighted by Crippen LogP contribution is 2.41. The summed E-state index contributed by atoms with van der Waals surface area (Å²) in [7, 11) is 0. The fourth-order valence-corrected chi connectivity index (χ4v) is 6.56. The quantitative estimate of drug-likeness (QED) is 0.394. The highest BCUT2D eigenvalue weighted by molar-refractivity contribution is 5.82. The Hall–Kier alpha value is -2.04. The average Bonchev–Trinajstić information content (AvgIpc) is 2.84. The number of hydrogen-bond acceptors (Lipinski definition) is 7. The average molecular weight is 520 g/mol. The van der Waals surface area contributed by atoms with Crippen LogP contribution in [0.4, 0.5) is 4.39 Å². The van der Waals surface area contributed by atoms with E-state index >= 15 is 0 Å². The van der Waals surface area contributed by atoms with Crippen molar-refractivity contribution in [2.75, 3.05) is 32.7 Å². The molecular weight excluding hydrogens is 473 g/mol. The molecule has 0 aromatic carbocycles. The second-order valence-electron chi connectivity index (χ2n) is 12.2. The number of nitrogens with one attached hydrogen (secondary N) is 2. The lowest BCUT2D eigenvalue weighted by Gasteiger charge is -2.55. The molecule has 4 aliphatic rings. The second-order valence-corrected chi connectivity index (χ2v) is 12.2. The summed E-state index contributed by atoms with van der Waals surface area (Å²) in [5.41, 5.74) is 13.3. The lowest BCUT2D eigenvalue weighted by Crippen LogP contribution is -2.62. The number of carbonyl (C=O) groups is 2. The van der Waals surface area contributed by atoms with Gasteiger partial charge in [0.05, 0.1) is 29.9 Å². The van der Waals surface area contributed by atoms with Gasteiger partial charge in [0.2, 0.25) is 11.8 Å². The molecule has 2 fully saturated rings. The van der Waals surface area contributed by atoms with Crippen LogP contribution in [-0.2, 0) is 9.59 Å². The first-order valence-electron chi connectivity index (χ1n) is 14.0. The Morgan fingerprint density at radius 3 is 2.57 bits per heavy atom. The van der Waals surface area contributed by atoms with Crippen LogP contribution >= 0.6 is 0 Å². The molecule has 5 unspecified atom stereocenters. The first-order valence-corrected chi connectivity index (χ1v) is 14.0. The van der Waals surface area contributed by atoms with Crippen molar-refractivity contribution in [1.82, 2.24) is 20.4 Å². The van der Waals surface area contributed by atoms with E-state index in [0.717, 1.165) is 70.5 Å². The van der Waals surface area contributed by atoms with E-state index < -0.39 is 24.3 Å². The molecule has 9 nitrogen and oxygen atoms in total. The van der Waals surface area contributed by atoms with E-state index in [4.69, 9.17) is 11.5 Å². The van der Waals surface area contributed by atoms with Gasteiger partial charge in [-0.3, -0.25) is 19.5 Å². The van der Waals surface area contributed by atoms with E-state index in [1.807, 2.05) is 11.1 Å². The lowest BCUT2D eigenvalue weighted by atomic mass is 9.71. The maximum Gasteiger partial charge on any atom is 0.232 e. The maximum atomic E-state index is 14.4. The Morgan fingerprint density at radius 1 is 1.24 bits per heavy atom. The zero-order valence-electron chi connectivity index (χ0n) is 22.7. The standard InChI is InChI=1S/C27H46FN7O2/c1-4-26(3)7-5-19(28)14-32-20(13-26)23(24(29)30)25(37)33-21-15-31-10-6-22(21)34-11-8-27(9-12-34)16-35(17-27)18(2)36/h14-15,19-20,22-24,31H,4-13,16-17,29-30H2,1-3H3,(H,33,37)/b32-14-. The number of alkyl halides is 1. The second kappa shape index (κ2) is 11.4. The molecule has 4 heterocycles. The normalized spacial score (nSPS) is 34.0. The topological polar surface area (TPSA) is 129 Å². The summed E-state index contributed by atoms with van der Waals surface area (Å²) in [4.78, 5) is 34.2. The van der Waals surface area contributed by atoms with Gasteiger partial charge in [0.1, 0.15) is 6.17 Å². The van der Waals surface area contributed by atoms with Crippen LogP contribution in [0.15, 0.2) is 16.9 Å². The minimum atomic E-state index is -1.12. The third-order valence-electron chi connectivity index (χ3n) is 9.39. The van der Waals surface area contributed by atoms with Crippen molar-refractivity contribution in [1.29, 1.82) is 0 Å². The van der Waals surface area contributed by atoms with Crippen molar-refractivity contribution < 1.29 is 14.0 Å². The highest BCUT2D eigenvalue weighted by atomic mass is 19.1. The Balaban J connectivity index is 1.43. The predicted molar refractivity (Wildman–Crippen MR) is 143 cm³/mol. The van der Waals surface area contributed by atoms with E-state index in [0.29, 0.717) is 12.8 Å². The number of rotatable bonds is 6. The number of hydrogen-bond donors (Lipinski definition) is 4. The fraction of sp³-hybridized carbons (Fsp3) is 0.815. The SMILES string of the molecule is CCC1(C)CCC(F)/C=N\C(C(C(=O)NC2=CNCCC2N2CCC3(CC2)CN(C(C)=O)C3)C(N)N)C1. The van der Waals surface area contributed by atoms with Crippen LogP contribution in [0.1, 0.15) is 65.7 Å². The summed E-state index contributed by atoms with van der Waals surface area (Å²) in [6, 6.07) is -0.380. The number of nitrogens with zero attached hydrogens (tertiary/aromatic N) is 3. The molecule has 4 aliphatic heterocycles. The number of amides is 2. The Morgan fingerprint density at radius 2 is 1.95 bits per heavy atom. The minimum absolute atomic E-state index is 0.0955. The van der Waals surface area contributed by atoms with E-state index in [1.165, 1.54) is 6.21 Å². The number of aliphatic imine (C=N–C) groups is 1. The summed E-state index contributed by atoms with van der Waals surface area (Å²) >= 11 is 0. The molecule has 5 atom stereocenters. The van der Waals surface area contributed by atoms with Crippen LogP contribution in [0.25, 0.3) is 0 Å². The summed E-state index contributed by atoms with van der Waals surface area (Å²) in [6.07, 6.45) is 6.88. The van der Waals surface area contributed by atoms with Gasteiger partial charge < -0.3 is 27.0 Å². The zero-order chi connectivity index (χ0) is 26.8. The Bertz CT molecular complexity index is 893. The monoisotopic (exact) mass is 519 g/mol. The number of piperidine rings is 1. The molecule has 2 saturated heterocycles. The smallest absolute Gasteiger partial charge is 0.232 e. The summed E-state index contributed by atoms with van der Waals surface area (Å²) in [6.45, 7) is 10.3. The molecule has 0 aromatic heterocycles. The summed E-state index contributed by atoms with van der Waals surface area (Å²) in [5, 5.41) is 6.42. The van der Waals surface area contributed by atoms with Gasteiger partial charge in [-0.05, 0) is 57.0 Å². The van der Waals surface area contributed by atoms with Crippen LogP contribution in [0.2, 0.25) is 0 Å². The maximum absolute atomic E-state index is 14.4. The van der Waals surface area contributed by atoms with Crippen LogP contribution in [-0.4, -0.2) is 85.0 Å². The van der Waals surface area contributed by atoms with Gasteiger partial charge in [-0.1, -0.05) is 20.3 Å². The molecule has 0 radical (unpaired) electrons. The summed E-state index contributed by atoms with van der Waals surface area (Å²) in [5.74, 6) is -0.855. The van der Waals surface area contributed by atoms with Crippen LogP contribution in [0.3, 0.4) is 0 Å². The van der Waals surface area contributed by atoms with Crippen molar-refractivity contribution in [3.8, 4) is 0 Å². The predicted octanol–water partition coefficient (Wildman–Crippen LogP) is 1.49. The van der Waals surface area contributed by atoms with Gasteiger partial charge in [0.25, 0.3) is 0 Å². The van der Waals surface area contributed by atoms with Crippen molar-refractivity contribution in [3.05, 3.63) is 11.9 Å². The first-order chi connectivity index (χ1) is 17.5. The van der Waals surface area contributed by atoms with E-state index in [9.17, 15) is 14.0 Å². The molecule has 2 amide bonds.